The van der Waals surface area contributed by atoms with Gasteiger partial charge in [0.1, 0.15) is 0 Å². The zero-order valence-corrected chi connectivity index (χ0v) is 6.21. The second kappa shape index (κ2) is 5.93. The molecular formula is C10H16O. The average molecular weight is 152 g/mol. The van der Waals surface area contributed by atoms with Gasteiger partial charge in [0.2, 0.25) is 0 Å². The molecule has 1 nitrogen and oxygen atoms in total. The van der Waals surface area contributed by atoms with Gasteiger partial charge in [0.25, 0.3) is 0 Å². The van der Waals surface area contributed by atoms with E-state index in [4.69, 9.17) is 4.74 Å². The lowest BCUT2D eigenvalue weighted by atomic mass is 10.2. The predicted octanol–water partition coefficient (Wildman–Crippen LogP) is 2.86. The minimum atomic E-state index is 0. The smallest absolute Gasteiger partial charge is 0.0716 e. The van der Waals surface area contributed by atoms with Crippen LogP contribution in [0.1, 0.15) is 19.9 Å². The van der Waals surface area contributed by atoms with Crippen molar-refractivity contribution in [1.82, 2.24) is 0 Å². The summed E-state index contributed by atoms with van der Waals surface area (Å²) >= 11 is 0. The van der Waals surface area contributed by atoms with Crippen LogP contribution in [-0.2, 0) is 11.3 Å². The van der Waals surface area contributed by atoms with Crippen molar-refractivity contribution >= 4 is 0 Å². The third-order valence-electron chi connectivity index (χ3n) is 1.32. The zero-order valence-electron chi connectivity index (χ0n) is 6.21. The van der Waals surface area contributed by atoms with E-state index in [1.165, 1.54) is 5.56 Å². The second-order valence-corrected chi connectivity index (χ2v) is 2.12. The van der Waals surface area contributed by atoms with Gasteiger partial charge in [-0.3, -0.25) is 0 Å². The summed E-state index contributed by atoms with van der Waals surface area (Å²) in [6.07, 6.45) is 0. The highest BCUT2D eigenvalue weighted by Gasteiger charge is 1.86. The SMILES string of the molecule is C.CCOCc1ccccc1. The molecule has 0 saturated heterocycles. The van der Waals surface area contributed by atoms with Crippen LogP contribution in [0.15, 0.2) is 30.3 Å². The summed E-state index contributed by atoms with van der Waals surface area (Å²) < 4.78 is 5.22. The van der Waals surface area contributed by atoms with E-state index in [2.05, 4.69) is 12.1 Å². The number of rotatable bonds is 3. The van der Waals surface area contributed by atoms with E-state index in [1.807, 2.05) is 25.1 Å². The van der Waals surface area contributed by atoms with Crippen molar-refractivity contribution in [2.75, 3.05) is 6.61 Å². The fourth-order valence-corrected chi connectivity index (χ4v) is 0.794. The Morgan fingerprint density at radius 1 is 1.18 bits per heavy atom. The van der Waals surface area contributed by atoms with Gasteiger partial charge < -0.3 is 4.74 Å². The van der Waals surface area contributed by atoms with Gasteiger partial charge in [0.15, 0.2) is 0 Å². The summed E-state index contributed by atoms with van der Waals surface area (Å²) in [4.78, 5) is 0. The molecule has 0 N–H and O–H groups in total. The average Bonchev–Trinajstić information content (AvgIpc) is 2.03. The molecule has 0 radical (unpaired) electrons. The molecule has 1 heteroatoms. The Balaban J connectivity index is 0.000001000. The summed E-state index contributed by atoms with van der Waals surface area (Å²) in [6, 6.07) is 10.2. The lowest BCUT2D eigenvalue weighted by Crippen LogP contribution is -1.90. The van der Waals surface area contributed by atoms with Gasteiger partial charge in [-0.15, -0.1) is 0 Å². The number of ether oxygens (including phenoxy) is 1. The van der Waals surface area contributed by atoms with Crippen LogP contribution in [0.3, 0.4) is 0 Å². The Hall–Kier alpha value is -0.820. The lowest BCUT2D eigenvalue weighted by molar-refractivity contribution is 0.134. The van der Waals surface area contributed by atoms with E-state index < -0.39 is 0 Å². The summed E-state index contributed by atoms with van der Waals surface area (Å²) in [7, 11) is 0. The molecule has 0 aliphatic carbocycles. The van der Waals surface area contributed by atoms with E-state index >= 15 is 0 Å². The monoisotopic (exact) mass is 152 g/mol. The summed E-state index contributed by atoms with van der Waals surface area (Å²) in [6.45, 7) is 3.52. The zero-order chi connectivity index (χ0) is 7.23. The van der Waals surface area contributed by atoms with Crippen molar-refractivity contribution in [1.29, 1.82) is 0 Å². The van der Waals surface area contributed by atoms with Crippen LogP contribution in [0.5, 0.6) is 0 Å². The van der Waals surface area contributed by atoms with Crippen LogP contribution >= 0.6 is 0 Å². The first kappa shape index (κ1) is 10.2. The van der Waals surface area contributed by atoms with Crippen LogP contribution in [-0.4, -0.2) is 6.61 Å². The fraction of sp³-hybridized carbons (Fsp3) is 0.400. The van der Waals surface area contributed by atoms with E-state index in [0.29, 0.717) is 0 Å². The third-order valence-corrected chi connectivity index (χ3v) is 1.32. The Bertz CT molecular complexity index is 169. The second-order valence-electron chi connectivity index (χ2n) is 2.12. The molecular weight excluding hydrogens is 136 g/mol. The van der Waals surface area contributed by atoms with Crippen molar-refractivity contribution in [3.05, 3.63) is 35.9 Å². The first-order chi connectivity index (χ1) is 4.93. The summed E-state index contributed by atoms with van der Waals surface area (Å²) in [5.41, 5.74) is 1.24. The molecule has 0 aliphatic rings. The van der Waals surface area contributed by atoms with Gasteiger partial charge in [-0.2, -0.15) is 0 Å². The maximum atomic E-state index is 5.22. The number of hydrogen-bond acceptors (Lipinski definition) is 1. The molecule has 11 heavy (non-hydrogen) atoms. The predicted molar refractivity (Wildman–Crippen MR) is 48.5 cm³/mol. The topological polar surface area (TPSA) is 9.23 Å². The third kappa shape index (κ3) is 3.79. The lowest BCUT2D eigenvalue weighted by Gasteiger charge is -1.98. The van der Waals surface area contributed by atoms with Crippen molar-refractivity contribution in [3.63, 3.8) is 0 Å². The molecule has 0 saturated carbocycles. The van der Waals surface area contributed by atoms with Crippen LogP contribution in [0, 0.1) is 0 Å². The Morgan fingerprint density at radius 3 is 2.36 bits per heavy atom. The highest BCUT2D eigenvalue weighted by Crippen LogP contribution is 1.99. The molecule has 0 atom stereocenters. The van der Waals surface area contributed by atoms with E-state index in [-0.39, 0.29) is 7.43 Å². The van der Waals surface area contributed by atoms with Crippen LogP contribution in [0.4, 0.5) is 0 Å². The minimum absolute atomic E-state index is 0. The molecule has 1 aromatic rings. The van der Waals surface area contributed by atoms with Crippen molar-refractivity contribution in [2.24, 2.45) is 0 Å². The maximum absolute atomic E-state index is 5.22. The molecule has 0 amide bonds. The Labute approximate surface area is 69.0 Å². The molecule has 0 unspecified atom stereocenters. The van der Waals surface area contributed by atoms with Gasteiger partial charge in [-0.1, -0.05) is 37.8 Å². The first-order valence-corrected chi connectivity index (χ1v) is 3.55. The van der Waals surface area contributed by atoms with Crippen LogP contribution in [0.25, 0.3) is 0 Å². The van der Waals surface area contributed by atoms with Crippen LogP contribution < -0.4 is 0 Å². The summed E-state index contributed by atoms with van der Waals surface area (Å²) in [5.74, 6) is 0. The van der Waals surface area contributed by atoms with Crippen molar-refractivity contribution in [3.8, 4) is 0 Å². The van der Waals surface area contributed by atoms with Gasteiger partial charge in [0, 0.05) is 6.61 Å². The number of hydrogen-bond donors (Lipinski definition) is 0. The summed E-state index contributed by atoms with van der Waals surface area (Å²) in [5, 5.41) is 0. The molecule has 1 rings (SSSR count). The fourth-order valence-electron chi connectivity index (χ4n) is 0.794. The molecule has 1 aromatic carbocycles. The standard InChI is InChI=1S/C9H12O.CH4/c1-2-10-8-9-6-4-3-5-7-9;/h3-7H,2,8H2,1H3;1H4. The minimum Gasteiger partial charge on any atom is -0.377 e. The van der Waals surface area contributed by atoms with Crippen molar-refractivity contribution < 1.29 is 4.74 Å². The molecule has 0 heterocycles. The normalized spacial score (nSPS) is 8.82. The molecule has 0 spiro atoms. The van der Waals surface area contributed by atoms with Crippen LogP contribution in [0.2, 0.25) is 0 Å². The van der Waals surface area contributed by atoms with Gasteiger partial charge in [-0.05, 0) is 12.5 Å². The molecule has 62 valence electrons. The largest absolute Gasteiger partial charge is 0.377 e. The highest BCUT2D eigenvalue weighted by molar-refractivity contribution is 5.13. The van der Waals surface area contributed by atoms with E-state index in [1.54, 1.807) is 0 Å². The Kier molecular flexibility index (Phi) is 5.49. The number of benzene rings is 1. The van der Waals surface area contributed by atoms with Gasteiger partial charge in [-0.25, -0.2) is 0 Å². The van der Waals surface area contributed by atoms with E-state index in [0.717, 1.165) is 13.2 Å². The molecule has 0 aromatic heterocycles. The van der Waals surface area contributed by atoms with E-state index in [9.17, 15) is 0 Å². The first-order valence-electron chi connectivity index (χ1n) is 3.55. The van der Waals surface area contributed by atoms with Crippen molar-refractivity contribution in [2.45, 2.75) is 21.0 Å². The van der Waals surface area contributed by atoms with Gasteiger partial charge in [0.05, 0.1) is 6.61 Å². The maximum Gasteiger partial charge on any atom is 0.0716 e. The molecule has 0 fully saturated rings. The Morgan fingerprint density at radius 2 is 1.82 bits per heavy atom. The molecule has 0 bridgehead atoms. The highest BCUT2D eigenvalue weighted by atomic mass is 16.5. The molecule has 0 aliphatic heterocycles. The van der Waals surface area contributed by atoms with Gasteiger partial charge >= 0.3 is 0 Å². The quantitative estimate of drug-likeness (QED) is 0.647.